The molecule has 2 aliphatic heterocycles. The SMILES string of the molecule is CC[C@H](C)[C@H](NC(=O)[C@@H]1CCCN1C(=O)CNC(=O)[C@H](CC(N)=O)NC(=O)[C@@H]1CCCN1C(=O)[C@H](CO)NC(=O)[C@H](Cc1ccccc1)NC(=O)[C@H](CC(C)C)NC(=O)[C@H](Cc1ccc(O)cc1)NC(=O)[C@H](CC(N)=O)NC(=O)[C@@H](N)[C@H](C)O)C(=O)N[C@@H](C)C(=O)N[C@@H](CCCN=C(N)N)C(=O)N[C@@H](C)C(=O)N[C@@H](Cc1c[nH]c2ccccc12)C(=O)O. The number of nitrogens with one attached hydrogen (secondary N) is 13. The molecular formula is C80H115N21O21. The number of aliphatic carboxylic acids is 1. The number of aromatic amines is 1. The lowest BCUT2D eigenvalue weighted by Gasteiger charge is -2.30. The molecule has 2 aliphatic rings. The maximum absolute atomic E-state index is 14.6. The molecule has 16 atom stereocenters. The highest BCUT2D eigenvalue weighted by Crippen LogP contribution is 2.24. The van der Waals surface area contributed by atoms with Crippen LogP contribution >= 0.6 is 0 Å². The fraction of sp³-hybridized carbons (Fsp3) is 0.525. The van der Waals surface area contributed by atoms with Gasteiger partial charge in [-0.25, -0.2) is 4.79 Å². The number of amides is 16. The number of rotatable bonds is 47. The van der Waals surface area contributed by atoms with Crippen LogP contribution in [0.1, 0.15) is 129 Å². The number of fused-ring (bicyclic) bond motifs is 1. The van der Waals surface area contributed by atoms with E-state index in [2.05, 4.69) is 73.8 Å². The van der Waals surface area contributed by atoms with E-state index >= 15 is 0 Å². The lowest BCUT2D eigenvalue weighted by atomic mass is 9.97. The number of aliphatic imine (C=N–C) groups is 1. The van der Waals surface area contributed by atoms with Gasteiger partial charge in [0, 0.05) is 56.0 Å². The highest BCUT2D eigenvalue weighted by atomic mass is 16.4. The predicted octanol–water partition coefficient (Wildman–Crippen LogP) is -5.95. The Labute approximate surface area is 703 Å². The molecule has 1 aromatic heterocycles. The summed E-state index contributed by atoms with van der Waals surface area (Å²) in [5.74, 6) is -17.9. The summed E-state index contributed by atoms with van der Waals surface area (Å²) in [5, 5.41) is 71.6. The molecule has 3 aromatic carbocycles. The van der Waals surface area contributed by atoms with Gasteiger partial charge in [0.25, 0.3) is 0 Å². The van der Waals surface area contributed by atoms with Crippen molar-refractivity contribution < 1.29 is 102 Å². The Morgan fingerprint density at radius 1 is 0.525 bits per heavy atom. The van der Waals surface area contributed by atoms with Crippen LogP contribution in [0.4, 0.5) is 0 Å². The molecule has 0 radical (unpaired) electrons. The second-order valence-electron chi connectivity index (χ2n) is 30.8. The number of likely N-dealkylation sites (tertiary alicyclic amines) is 2. The number of guanidine groups is 1. The number of hydrogen-bond acceptors (Lipinski definition) is 22. The molecule has 3 heterocycles. The van der Waals surface area contributed by atoms with Gasteiger partial charge in [-0.15, -0.1) is 0 Å². The van der Waals surface area contributed by atoms with Crippen molar-refractivity contribution in [3.05, 3.63) is 102 Å². The topological polar surface area (TPSA) is 680 Å². The van der Waals surface area contributed by atoms with Gasteiger partial charge in [0.2, 0.25) is 94.5 Å². The van der Waals surface area contributed by atoms with Gasteiger partial charge >= 0.3 is 5.97 Å². The Morgan fingerprint density at radius 2 is 1.01 bits per heavy atom. The molecule has 666 valence electrons. The normalized spacial score (nSPS) is 17.1. The van der Waals surface area contributed by atoms with E-state index in [-0.39, 0.29) is 101 Å². The number of aliphatic hydroxyl groups excluding tert-OH is 2. The van der Waals surface area contributed by atoms with Gasteiger partial charge in [0.05, 0.1) is 32.1 Å². The number of para-hydroxylation sites is 1. The number of aliphatic hydroxyl groups is 2. The molecular weight excluding hydrogens is 1590 g/mol. The summed E-state index contributed by atoms with van der Waals surface area (Å²) < 4.78 is 0. The molecule has 4 aromatic rings. The Balaban J connectivity index is 1.08. The molecule has 42 nitrogen and oxygen atoms in total. The predicted molar refractivity (Wildman–Crippen MR) is 440 cm³/mol. The minimum absolute atomic E-state index is 0.000648. The Kier molecular flexibility index (Phi) is 37.9. The van der Waals surface area contributed by atoms with Gasteiger partial charge < -0.3 is 128 Å². The zero-order valence-corrected chi connectivity index (χ0v) is 69.1. The van der Waals surface area contributed by atoms with E-state index in [4.69, 9.17) is 28.7 Å². The van der Waals surface area contributed by atoms with Gasteiger partial charge in [0.15, 0.2) is 5.96 Å². The minimum Gasteiger partial charge on any atom is -0.508 e. The minimum atomic E-state index is -1.79. The number of nitrogens with zero attached hydrogens (tertiary/aromatic N) is 3. The summed E-state index contributed by atoms with van der Waals surface area (Å²) in [7, 11) is 0. The van der Waals surface area contributed by atoms with Crippen LogP contribution in [-0.2, 0) is 101 Å². The summed E-state index contributed by atoms with van der Waals surface area (Å²) in [4.78, 5) is 243. The first-order valence-corrected chi connectivity index (χ1v) is 40.2. The van der Waals surface area contributed by atoms with Gasteiger partial charge in [-0.05, 0) is 112 Å². The zero-order valence-electron chi connectivity index (χ0n) is 69.1. The highest BCUT2D eigenvalue weighted by molar-refractivity contribution is 6.02. The van der Waals surface area contributed by atoms with Crippen LogP contribution in [0.3, 0.4) is 0 Å². The number of carboxylic acids is 1. The van der Waals surface area contributed by atoms with Crippen LogP contribution in [0.2, 0.25) is 0 Å². The number of hydrogen-bond donors (Lipinski definition) is 22. The molecule has 0 unspecified atom stereocenters. The van der Waals surface area contributed by atoms with Gasteiger partial charge in [-0.2, -0.15) is 0 Å². The number of carbonyl (C=O) groups is 17. The van der Waals surface area contributed by atoms with Crippen LogP contribution in [0.5, 0.6) is 5.75 Å². The quantitative estimate of drug-likeness (QED) is 0.0111. The van der Waals surface area contributed by atoms with Crippen LogP contribution < -0.4 is 92.5 Å². The second kappa shape index (κ2) is 47.2. The molecule has 27 N–H and O–H groups in total. The second-order valence-corrected chi connectivity index (χ2v) is 30.8. The number of aromatic hydroxyl groups is 1. The smallest absolute Gasteiger partial charge is 0.326 e. The number of phenols is 1. The Morgan fingerprint density at radius 3 is 1.57 bits per heavy atom. The zero-order chi connectivity index (χ0) is 90.4. The molecule has 6 rings (SSSR count). The van der Waals surface area contributed by atoms with E-state index in [0.29, 0.717) is 23.1 Å². The van der Waals surface area contributed by atoms with Crippen LogP contribution in [-0.4, -0.2) is 265 Å². The molecule has 0 saturated carbocycles. The largest absolute Gasteiger partial charge is 0.508 e. The standard InChI is InChI=1S/C80H115N21O21/c1-8-41(4)65(77(119)90-43(6)66(108)91-51(21-14-28-86-80(84)85)69(111)89-42(5)67(109)97-57(79(121)122)34-47-37-87-50-20-13-12-19-49(47)50)99-75(117)59-22-15-29-100(59)63(107)38-88-68(110)55(35-61(81)105)95-74(116)60-23-16-30-101(60)78(120)58(39-102)98-72(114)53(32-45-17-10-9-11-18-45)93-70(112)52(31-40(2)3)92-71(113)54(33-46-24-26-48(104)27-25-46)94-73(115)56(36-62(82)106)96-76(118)64(83)44(7)103/h9-13,17-20,24-27,37,40-44,51-60,64-65,87,102-104H,8,14-16,21-23,28-36,38-39,83H2,1-7H3,(H2,81,105)(H2,82,106)(H,88,110)(H,89,111)(H,90,119)(H,91,108)(H,92,113)(H,93,112)(H,94,115)(H,95,116)(H,96,118)(H,97,109)(H,98,114)(H,99,117)(H,121,122)(H4,84,85,86)/t41-,42-,43-,44-,51-,52-,53-,54-,55-,56-,57-,58-,59-,60-,64-,65-/m0/s1. The van der Waals surface area contributed by atoms with Crippen molar-refractivity contribution in [3.8, 4) is 5.75 Å². The first-order chi connectivity index (χ1) is 57.7. The monoisotopic (exact) mass is 1710 g/mol. The van der Waals surface area contributed by atoms with Crippen LogP contribution in [0, 0.1) is 11.8 Å². The van der Waals surface area contributed by atoms with E-state index in [1.54, 1.807) is 88.5 Å². The first-order valence-electron chi connectivity index (χ1n) is 40.2. The van der Waals surface area contributed by atoms with E-state index < -0.39 is 223 Å². The summed E-state index contributed by atoms with van der Waals surface area (Å²) in [6.45, 7) is 8.69. The molecule has 2 fully saturated rings. The number of primary amides is 2. The van der Waals surface area contributed by atoms with E-state index in [9.17, 15) is 102 Å². The highest BCUT2D eigenvalue weighted by Gasteiger charge is 2.43. The Hall–Kier alpha value is -12.9. The number of H-pyrrole nitrogens is 1. The maximum atomic E-state index is 14.6. The van der Waals surface area contributed by atoms with Gasteiger partial charge in [-0.3, -0.25) is 81.7 Å². The first kappa shape index (κ1) is 98.0. The summed E-state index contributed by atoms with van der Waals surface area (Å²) >= 11 is 0. The third kappa shape index (κ3) is 29.8. The summed E-state index contributed by atoms with van der Waals surface area (Å²) in [6.07, 6.45) is -1.22. The van der Waals surface area contributed by atoms with E-state index in [1.165, 1.54) is 45.0 Å². The number of nitrogens with two attached hydrogens (primary N) is 5. The van der Waals surface area contributed by atoms with E-state index in [0.717, 1.165) is 20.7 Å². The number of phenolic OH excluding ortho intramolecular Hbond substituents is 1. The molecule has 2 saturated heterocycles. The molecule has 42 heteroatoms. The summed E-state index contributed by atoms with van der Waals surface area (Å²) in [5.41, 5.74) is 30.0. The maximum Gasteiger partial charge on any atom is 0.326 e. The number of aromatic nitrogens is 1. The molecule has 0 spiro atoms. The van der Waals surface area contributed by atoms with Crippen molar-refractivity contribution >= 4 is 117 Å². The number of carboxylic acid groups (broad SMARTS) is 1. The van der Waals surface area contributed by atoms with Crippen molar-refractivity contribution in [1.82, 2.24) is 78.6 Å². The Bertz CT molecular complexity index is 4410. The molecule has 0 bridgehead atoms. The molecule has 122 heavy (non-hydrogen) atoms. The third-order valence-corrected chi connectivity index (χ3v) is 20.7. The fourth-order valence-corrected chi connectivity index (χ4v) is 13.7. The van der Waals surface area contributed by atoms with Crippen molar-refractivity contribution in [2.24, 2.45) is 45.5 Å². The molecule has 0 aliphatic carbocycles. The van der Waals surface area contributed by atoms with Crippen LogP contribution in [0.15, 0.2) is 90.1 Å². The van der Waals surface area contributed by atoms with Crippen molar-refractivity contribution in [2.45, 2.75) is 223 Å². The molecule has 16 amide bonds. The fourth-order valence-electron chi connectivity index (χ4n) is 13.7. The third-order valence-electron chi connectivity index (χ3n) is 20.7. The van der Waals surface area contributed by atoms with Crippen molar-refractivity contribution in [1.29, 1.82) is 0 Å². The number of carbonyl (C=O) groups excluding carboxylic acids is 16. The van der Waals surface area contributed by atoms with E-state index in [1.807, 2.05) is 0 Å². The lowest BCUT2D eigenvalue weighted by molar-refractivity contribution is -0.143. The number of benzene rings is 3. The van der Waals surface area contributed by atoms with Gasteiger partial charge in [-0.1, -0.05) is 94.8 Å². The average Bonchev–Trinajstić information content (AvgIpc) is 1.63. The van der Waals surface area contributed by atoms with Crippen molar-refractivity contribution in [2.75, 3.05) is 32.8 Å². The average molecular weight is 1710 g/mol. The van der Waals surface area contributed by atoms with Crippen molar-refractivity contribution in [3.63, 3.8) is 0 Å². The van der Waals surface area contributed by atoms with Crippen LogP contribution in [0.25, 0.3) is 10.9 Å². The summed E-state index contributed by atoms with van der Waals surface area (Å²) in [6, 6.07) is 0.0732. The lowest BCUT2D eigenvalue weighted by Crippen LogP contribution is -2.61. The van der Waals surface area contributed by atoms with Gasteiger partial charge in [0.1, 0.15) is 90.3 Å².